The standard InChI is InChI=1S/C15H23N5O/c1-4-20-10-12(8-18-20)7-16-14-5-6-21-15(14)13-9-17-19(3)11(13)2/h8-10,14-16H,4-7H2,1-3H3/t14-,15+/m0/s1. The zero-order chi connectivity index (χ0) is 14.8. The molecule has 114 valence electrons. The van der Waals surface area contributed by atoms with E-state index in [2.05, 4.69) is 35.6 Å². The van der Waals surface area contributed by atoms with Gasteiger partial charge in [0.25, 0.3) is 0 Å². The van der Waals surface area contributed by atoms with Crippen molar-refractivity contribution in [2.45, 2.75) is 45.5 Å². The Bertz CT molecular complexity index is 603. The summed E-state index contributed by atoms with van der Waals surface area (Å²) in [6.07, 6.45) is 7.07. The van der Waals surface area contributed by atoms with E-state index in [1.807, 2.05) is 28.8 Å². The van der Waals surface area contributed by atoms with E-state index >= 15 is 0 Å². The molecule has 1 fully saturated rings. The summed E-state index contributed by atoms with van der Waals surface area (Å²) >= 11 is 0. The van der Waals surface area contributed by atoms with Crippen molar-refractivity contribution in [2.24, 2.45) is 7.05 Å². The average molecular weight is 289 g/mol. The summed E-state index contributed by atoms with van der Waals surface area (Å²) < 4.78 is 9.78. The molecule has 1 saturated heterocycles. The lowest BCUT2D eigenvalue weighted by Crippen LogP contribution is -2.31. The van der Waals surface area contributed by atoms with E-state index in [1.165, 1.54) is 16.8 Å². The van der Waals surface area contributed by atoms with Crippen LogP contribution in [0.2, 0.25) is 0 Å². The largest absolute Gasteiger partial charge is 0.372 e. The van der Waals surface area contributed by atoms with Crippen LogP contribution in [0.25, 0.3) is 0 Å². The van der Waals surface area contributed by atoms with E-state index in [0.29, 0.717) is 6.04 Å². The topological polar surface area (TPSA) is 56.9 Å². The van der Waals surface area contributed by atoms with Crippen molar-refractivity contribution in [3.8, 4) is 0 Å². The van der Waals surface area contributed by atoms with Crippen LogP contribution in [0.3, 0.4) is 0 Å². The van der Waals surface area contributed by atoms with Crippen LogP contribution < -0.4 is 5.32 Å². The summed E-state index contributed by atoms with van der Waals surface area (Å²) in [7, 11) is 1.97. The number of ether oxygens (including phenoxy) is 1. The summed E-state index contributed by atoms with van der Waals surface area (Å²) in [5.41, 5.74) is 3.58. The first-order valence-electron chi connectivity index (χ1n) is 7.54. The Balaban J connectivity index is 1.65. The minimum absolute atomic E-state index is 0.0971. The van der Waals surface area contributed by atoms with Gasteiger partial charge in [0.15, 0.2) is 0 Å². The fourth-order valence-corrected chi connectivity index (χ4v) is 2.82. The second-order valence-electron chi connectivity index (χ2n) is 5.58. The molecule has 0 aliphatic carbocycles. The Morgan fingerprint density at radius 1 is 1.38 bits per heavy atom. The fourth-order valence-electron chi connectivity index (χ4n) is 2.82. The highest BCUT2D eigenvalue weighted by molar-refractivity contribution is 5.22. The predicted molar refractivity (Wildman–Crippen MR) is 79.8 cm³/mol. The first-order valence-corrected chi connectivity index (χ1v) is 7.54. The first-order chi connectivity index (χ1) is 10.2. The van der Waals surface area contributed by atoms with E-state index in [4.69, 9.17) is 4.74 Å². The summed E-state index contributed by atoms with van der Waals surface area (Å²) in [5, 5.41) is 12.2. The molecule has 0 bridgehead atoms. The lowest BCUT2D eigenvalue weighted by atomic mass is 10.0. The van der Waals surface area contributed by atoms with Gasteiger partial charge < -0.3 is 10.1 Å². The normalized spacial score (nSPS) is 22.0. The maximum atomic E-state index is 5.92. The lowest BCUT2D eigenvalue weighted by Gasteiger charge is -2.19. The van der Waals surface area contributed by atoms with Gasteiger partial charge in [-0.3, -0.25) is 9.36 Å². The predicted octanol–water partition coefficient (Wildman–Crippen LogP) is 1.56. The average Bonchev–Trinajstić information content (AvgIpc) is 3.19. The van der Waals surface area contributed by atoms with Crippen LogP contribution in [0, 0.1) is 6.92 Å². The molecule has 0 radical (unpaired) electrons. The maximum absolute atomic E-state index is 5.92. The van der Waals surface area contributed by atoms with Gasteiger partial charge in [-0.2, -0.15) is 10.2 Å². The third-order valence-corrected chi connectivity index (χ3v) is 4.25. The Morgan fingerprint density at radius 2 is 2.24 bits per heavy atom. The highest BCUT2D eigenvalue weighted by Crippen LogP contribution is 2.31. The van der Waals surface area contributed by atoms with E-state index < -0.39 is 0 Å². The molecule has 1 N–H and O–H groups in total. The lowest BCUT2D eigenvalue weighted by molar-refractivity contribution is 0.0979. The van der Waals surface area contributed by atoms with Crippen molar-refractivity contribution < 1.29 is 4.74 Å². The van der Waals surface area contributed by atoms with Gasteiger partial charge in [-0.1, -0.05) is 0 Å². The molecule has 0 unspecified atom stereocenters. The van der Waals surface area contributed by atoms with E-state index in [0.717, 1.165) is 26.1 Å². The van der Waals surface area contributed by atoms with Crippen LogP contribution in [-0.2, 0) is 24.9 Å². The van der Waals surface area contributed by atoms with Crippen LogP contribution in [0.5, 0.6) is 0 Å². The molecular weight excluding hydrogens is 266 g/mol. The second-order valence-corrected chi connectivity index (χ2v) is 5.58. The van der Waals surface area contributed by atoms with Crippen LogP contribution in [0.4, 0.5) is 0 Å². The molecule has 6 heteroatoms. The van der Waals surface area contributed by atoms with Gasteiger partial charge >= 0.3 is 0 Å². The summed E-state index contributed by atoms with van der Waals surface area (Å²) in [6, 6.07) is 0.331. The van der Waals surface area contributed by atoms with Crippen molar-refractivity contribution in [3.05, 3.63) is 35.4 Å². The van der Waals surface area contributed by atoms with Crippen LogP contribution in [-0.4, -0.2) is 32.2 Å². The molecule has 6 nitrogen and oxygen atoms in total. The molecule has 0 spiro atoms. The van der Waals surface area contributed by atoms with Gasteiger partial charge in [0, 0.05) is 55.8 Å². The smallest absolute Gasteiger partial charge is 0.101 e. The van der Waals surface area contributed by atoms with Crippen molar-refractivity contribution >= 4 is 0 Å². The second kappa shape index (κ2) is 5.99. The van der Waals surface area contributed by atoms with E-state index in [9.17, 15) is 0 Å². The first kappa shape index (κ1) is 14.3. The number of rotatable bonds is 5. The molecule has 1 aliphatic rings. The van der Waals surface area contributed by atoms with E-state index in [-0.39, 0.29) is 6.10 Å². The molecular formula is C15H23N5O. The van der Waals surface area contributed by atoms with Crippen molar-refractivity contribution in [2.75, 3.05) is 6.61 Å². The summed E-state index contributed by atoms with van der Waals surface area (Å²) in [6.45, 7) is 6.71. The van der Waals surface area contributed by atoms with Gasteiger partial charge in [-0.15, -0.1) is 0 Å². The Hall–Kier alpha value is -1.66. The van der Waals surface area contributed by atoms with Crippen molar-refractivity contribution in [1.82, 2.24) is 24.9 Å². The number of nitrogens with zero attached hydrogens (tertiary/aromatic N) is 4. The minimum Gasteiger partial charge on any atom is -0.372 e. The molecule has 3 heterocycles. The minimum atomic E-state index is 0.0971. The monoisotopic (exact) mass is 289 g/mol. The number of hydrogen-bond acceptors (Lipinski definition) is 4. The Kier molecular flexibility index (Phi) is 4.07. The Labute approximate surface area is 125 Å². The molecule has 0 aromatic carbocycles. The number of nitrogens with one attached hydrogen (secondary N) is 1. The Morgan fingerprint density at radius 3 is 2.90 bits per heavy atom. The van der Waals surface area contributed by atoms with Gasteiger partial charge in [-0.25, -0.2) is 0 Å². The quantitative estimate of drug-likeness (QED) is 0.907. The van der Waals surface area contributed by atoms with Crippen molar-refractivity contribution in [1.29, 1.82) is 0 Å². The third-order valence-electron chi connectivity index (χ3n) is 4.25. The molecule has 3 rings (SSSR count). The molecule has 1 aliphatic heterocycles. The SMILES string of the molecule is CCn1cc(CN[C@H]2CCO[C@@H]2c2cnn(C)c2C)cn1. The maximum Gasteiger partial charge on any atom is 0.101 e. The van der Waals surface area contributed by atoms with Gasteiger partial charge in [0.1, 0.15) is 6.10 Å². The number of aromatic nitrogens is 4. The summed E-state index contributed by atoms with van der Waals surface area (Å²) in [5.74, 6) is 0. The van der Waals surface area contributed by atoms with Gasteiger partial charge in [0.05, 0.1) is 12.4 Å². The molecule has 2 aromatic rings. The van der Waals surface area contributed by atoms with Crippen molar-refractivity contribution in [3.63, 3.8) is 0 Å². The number of aryl methyl sites for hydroxylation is 2. The van der Waals surface area contributed by atoms with Crippen LogP contribution in [0.1, 0.15) is 36.3 Å². The third kappa shape index (κ3) is 2.87. The molecule has 2 atom stereocenters. The van der Waals surface area contributed by atoms with Gasteiger partial charge in [0.2, 0.25) is 0 Å². The fraction of sp³-hybridized carbons (Fsp3) is 0.600. The highest BCUT2D eigenvalue weighted by atomic mass is 16.5. The summed E-state index contributed by atoms with van der Waals surface area (Å²) in [4.78, 5) is 0. The zero-order valence-corrected chi connectivity index (χ0v) is 12.9. The zero-order valence-electron chi connectivity index (χ0n) is 12.9. The van der Waals surface area contributed by atoms with Crippen LogP contribution >= 0.6 is 0 Å². The number of hydrogen-bond donors (Lipinski definition) is 1. The molecule has 21 heavy (non-hydrogen) atoms. The van der Waals surface area contributed by atoms with Crippen LogP contribution in [0.15, 0.2) is 18.6 Å². The van der Waals surface area contributed by atoms with E-state index in [1.54, 1.807) is 0 Å². The molecule has 0 amide bonds. The highest BCUT2D eigenvalue weighted by Gasteiger charge is 2.31. The van der Waals surface area contributed by atoms with Gasteiger partial charge in [-0.05, 0) is 20.3 Å². The molecule has 0 saturated carbocycles. The molecule has 2 aromatic heterocycles.